The predicted molar refractivity (Wildman–Crippen MR) is 123 cm³/mol. The van der Waals surface area contributed by atoms with E-state index in [0.29, 0.717) is 18.7 Å². The average molecular weight is 468 g/mol. The van der Waals surface area contributed by atoms with E-state index in [1.807, 2.05) is 16.7 Å². The Morgan fingerprint density at radius 2 is 1.68 bits per heavy atom. The van der Waals surface area contributed by atoms with Crippen LogP contribution in [-0.2, 0) is 14.8 Å². The summed E-state index contributed by atoms with van der Waals surface area (Å²) in [6, 6.07) is 6.72. The molecule has 0 N–H and O–H groups in total. The van der Waals surface area contributed by atoms with E-state index >= 15 is 0 Å². The number of nitrogens with zero attached hydrogens (tertiary/aromatic N) is 3. The Kier molecular flexibility index (Phi) is 7.92. The second kappa shape index (κ2) is 10.7. The maximum atomic E-state index is 13.4. The van der Waals surface area contributed by atoms with Crippen molar-refractivity contribution in [3.05, 3.63) is 29.8 Å². The molecule has 0 spiro atoms. The minimum atomic E-state index is -3.48. The molecule has 3 aliphatic heterocycles. The number of amides is 1. The number of hydrogen-bond acceptors (Lipinski definition) is 6. The van der Waals surface area contributed by atoms with Crippen LogP contribution < -0.4 is 0 Å². The van der Waals surface area contributed by atoms with Crippen LogP contribution in [0.4, 0.5) is 0 Å². The number of thioether (sulfide) groups is 1. The number of carbonyl (C=O) groups is 1. The van der Waals surface area contributed by atoms with Crippen LogP contribution in [-0.4, -0.2) is 98.5 Å². The van der Waals surface area contributed by atoms with E-state index in [1.165, 1.54) is 0 Å². The fourth-order valence-electron chi connectivity index (χ4n) is 4.52. The molecule has 0 radical (unpaired) electrons. The van der Waals surface area contributed by atoms with Crippen molar-refractivity contribution >= 4 is 27.7 Å². The molecule has 0 bridgehead atoms. The normalized spacial score (nSPS) is 24.6. The molecule has 9 heteroatoms. The number of benzene rings is 1. The van der Waals surface area contributed by atoms with E-state index in [2.05, 4.69) is 4.90 Å². The molecule has 0 aliphatic carbocycles. The summed E-state index contributed by atoms with van der Waals surface area (Å²) >= 11 is 1.91. The Morgan fingerprint density at radius 1 is 0.968 bits per heavy atom. The molecule has 1 atom stereocenters. The Morgan fingerprint density at radius 3 is 2.39 bits per heavy atom. The molecular weight excluding hydrogens is 434 g/mol. The summed E-state index contributed by atoms with van der Waals surface area (Å²) in [7, 11) is -3.48. The summed E-state index contributed by atoms with van der Waals surface area (Å²) < 4.78 is 32.8. The van der Waals surface area contributed by atoms with Crippen molar-refractivity contribution in [2.24, 2.45) is 0 Å². The van der Waals surface area contributed by atoms with Crippen LogP contribution in [0.25, 0.3) is 0 Å². The van der Waals surface area contributed by atoms with Gasteiger partial charge in [-0.25, -0.2) is 8.42 Å². The number of ether oxygens (including phenoxy) is 1. The minimum absolute atomic E-state index is 0.00248. The van der Waals surface area contributed by atoms with Crippen molar-refractivity contribution in [1.29, 1.82) is 0 Å². The highest BCUT2D eigenvalue weighted by Crippen LogP contribution is 2.23. The van der Waals surface area contributed by atoms with E-state index < -0.39 is 10.0 Å². The smallest absolute Gasteiger partial charge is 0.254 e. The number of hydrogen-bond donors (Lipinski definition) is 0. The van der Waals surface area contributed by atoms with Crippen LogP contribution in [0.1, 0.15) is 36.0 Å². The van der Waals surface area contributed by atoms with Gasteiger partial charge < -0.3 is 9.64 Å². The van der Waals surface area contributed by atoms with E-state index in [0.717, 1.165) is 76.6 Å². The molecule has 0 aromatic heterocycles. The van der Waals surface area contributed by atoms with Gasteiger partial charge in [-0.05, 0) is 49.3 Å². The fraction of sp³-hybridized carbons (Fsp3) is 0.682. The molecule has 1 unspecified atom stereocenters. The van der Waals surface area contributed by atoms with E-state index in [1.54, 1.807) is 28.6 Å². The van der Waals surface area contributed by atoms with Crippen LogP contribution in [0.5, 0.6) is 0 Å². The van der Waals surface area contributed by atoms with Crippen LogP contribution in [0.3, 0.4) is 0 Å². The Labute approximate surface area is 190 Å². The zero-order valence-electron chi connectivity index (χ0n) is 18.1. The predicted octanol–water partition coefficient (Wildman–Crippen LogP) is 2.14. The lowest BCUT2D eigenvalue weighted by atomic mass is 10.1. The van der Waals surface area contributed by atoms with Crippen molar-refractivity contribution in [3.8, 4) is 0 Å². The fourth-order valence-corrected chi connectivity index (χ4v) is 7.09. The lowest BCUT2D eigenvalue weighted by Crippen LogP contribution is -2.50. The summed E-state index contributed by atoms with van der Waals surface area (Å²) in [4.78, 5) is 18.0. The van der Waals surface area contributed by atoms with Crippen molar-refractivity contribution in [2.75, 3.05) is 64.0 Å². The zero-order valence-corrected chi connectivity index (χ0v) is 19.7. The Hall–Kier alpha value is -1.13. The lowest BCUT2D eigenvalue weighted by molar-refractivity contribution is 0.0245. The molecule has 3 aliphatic rings. The molecule has 4 rings (SSSR count). The molecule has 1 aromatic carbocycles. The second-order valence-electron chi connectivity index (χ2n) is 8.48. The Balaban J connectivity index is 1.47. The molecule has 1 aromatic rings. The van der Waals surface area contributed by atoms with Crippen LogP contribution in [0.2, 0.25) is 0 Å². The van der Waals surface area contributed by atoms with Crippen molar-refractivity contribution in [1.82, 2.24) is 14.1 Å². The van der Waals surface area contributed by atoms with Crippen molar-refractivity contribution < 1.29 is 17.9 Å². The van der Waals surface area contributed by atoms with Gasteiger partial charge in [0.15, 0.2) is 0 Å². The van der Waals surface area contributed by atoms with Gasteiger partial charge >= 0.3 is 0 Å². The van der Waals surface area contributed by atoms with Crippen molar-refractivity contribution in [2.45, 2.75) is 36.6 Å². The first-order chi connectivity index (χ1) is 15.1. The topological polar surface area (TPSA) is 70.2 Å². The quantitative estimate of drug-likeness (QED) is 0.661. The van der Waals surface area contributed by atoms with Gasteiger partial charge in [0.05, 0.1) is 24.2 Å². The summed E-state index contributed by atoms with van der Waals surface area (Å²) in [6.07, 6.45) is 3.89. The van der Waals surface area contributed by atoms with Gasteiger partial charge in [-0.3, -0.25) is 9.69 Å². The first-order valence-electron chi connectivity index (χ1n) is 11.3. The van der Waals surface area contributed by atoms with Gasteiger partial charge in [-0.15, -0.1) is 0 Å². The molecule has 0 saturated carbocycles. The summed E-state index contributed by atoms with van der Waals surface area (Å²) in [5.41, 5.74) is 0.566. The van der Waals surface area contributed by atoms with Gasteiger partial charge in [0.2, 0.25) is 10.0 Å². The third-order valence-electron chi connectivity index (χ3n) is 6.33. The summed E-state index contributed by atoms with van der Waals surface area (Å²) in [5.74, 6) is 2.00. The maximum Gasteiger partial charge on any atom is 0.254 e. The Bertz CT molecular complexity index is 835. The highest BCUT2D eigenvalue weighted by Gasteiger charge is 2.30. The zero-order chi connectivity index (χ0) is 21.7. The van der Waals surface area contributed by atoms with E-state index in [-0.39, 0.29) is 16.8 Å². The molecule has 3 fully saturated rings. The van der Waals surface area contributed by atoms with Gasteiger partial charge in [0.1, 0.15) is 0 Å². The maximum absolute atomic E-state index is 13.4. The molecule has 7 nitrogen and oxygen atoms in total. The molecule has 31 heavy (non-hydrogen) atoms. The number of sulfonamides is 1. The highest BCUT2D eigenvalue weighted by molar-refractivity contribution is 7.99. The van der Waals surface area contributed by atoms with Crippen LogP contribution in [0, 0.1) is 0 Å². The third kappa shape index (κ3) is 5.63. The number of rotatable bonds is 5. The van der Waals surface area contributed by atoms with Gasteiger partial charge in [-0.1, -0.05) is 6.42 Å². The standard InChI is InChI=1S/C22H33N3O4S2/c26-22(25-11-4-16-30-18-20(25)17-23-12-14-29-15-13-23)19-5-7-21(8-6-19)31(27,28)24-9-2-1-3-10-24/h5-8,20H,1-4,9-18H2. The first kappa shape index (κ1) is 23.0. The van der Waals surface area contributed by atoms with Gasteiger partial charge in [-0.2, -0.15) is 16.1 Å². The highest BCUT2D eigenvalue weighted by atomic mass is 32.2. The summed E-state index contributed by atoms with van der Waals surface area (Å²) in [5, 5.41) is 0. The molecular formula is C22H33N3O4S2. The number of piperidine rings is 1. The van der Waals surface area contributed by atoms with E-state index in [4.69, 9.17) is 4.74 Å². The molecule has 172 valence electrons. The SMILES string of the molecule is O=C(c1ccc(S(=O)(=O)N2CCCCC2)cc1)N1CCCSCC1CN1CCOCC1. The van der Waals surface area contributed by atoms with Crippen LogP contribution >= 0.6 is 11.8 Å². The third-order valence-corrected chi connectivity index (χ3v) is 9.44. The molecule has 3 heterocycles. The van der Waals surface area contributed by atoms with Crippen LogP contribution in [0.15, 0.2) is 29.2 Å². The number of morpholine rings is 1. The second-order valence-corrected chi connectivity index (χ2v) is 11.6. The largest absolute Gasteiger partial charge is 0.379 e. The summed E-state index contributed by atoms with van der Waals surface area (Å²) in [6.45, 7) is 6.09. The average Bonchev–Trinajstić information content (AvgIpc) is 3.05. The first-order valence-corrected chi connectivity index (χ1v) is 13.9. The molecule has 3 saturated heterocycles. The minimum Gasteiger partial charge on any atom is -0.379 e. The molecule has 1 amide bonds. The lowest BCUT2D eigenvalue weighted by Gasteiger charge is -2.35. The van der Waals surface area contributed by atoms with E-state index in [9.17, 15) is 13.2 Å². The van der Waals surface area contributed by atoms with Gasteiger partial charge in [0.25, 0.3) is 5.91 Å². The number of carbonyl (C=O) groups excluding carboxylic acids is 1. The van der Waals surface area contributed by atoms with Gasteiger partial charge in [0, 0.05) is 50.6 Å². The monoisotopic (exact) mass is 467 g/mol. The van der Waals surface area contributed by atoms with Crippen molar-refractivity contribution in [3.63, 3.8) is 0 Å².